The molecule has 0 saturated heterocycles. The van der Waals surface area contributed by atoms with Crippen LogP contribution in [0.2, 0.25) is 0 Å². The fourth-order valence-corrected chi connectivity index (χ4v) is 7.02. The van der Waals surface area contributed by atoms with Crippen molar-refractivity contribution in [2.75, 3.05) is 0 Å². The quantitative estimate of drug-likeness (QED) is 0.0313. The molecule has 372 valence electrons. The second-order valence-electron chi connectivity index (χ2n) is 17.4. The summed E-state index contributed by atoms with van der Waals surface area (Å²) in [5, 5.41) is 0. The van der Waals surface area contributed by atoms with Crippen molar-refractivity contribution < 1.29 is 92.1 Å². The minimum Gasteiger partial charge on any atom is -0.390 e. The minimum atomic E-state index is -5.83. The maximum atomic E-state index is 16.2. The Labute approximate surface area is 410 Å². The molecule has 5 aromatic carbocycles. The van der Waals surface area contributed by atoms with E-state index in [1.165, 1.54) is 0 Å². The van der Waals surface area contributed by atoms with Gasteiger partial charge in [0.25, 0.3) is 0 Å². The molecule has 0 fully saturated rings. The van der Waals surface area contributed by atoms with Crippen molar-refractivity contribution in [3.05, 3.63) is 182 Å². The summed E-state index contributed by atoms with van der Waals surface area (Å²) in [6.07, 6.45) is -3.06. The number of nitrogens with zero attached hydrogens (tertiary/aromatic N) is 2. The topological polar surface area (TPSA) is 16.7 Å². The monoisotopic (exact) mass is 1060 g/mol. The van der Waals surface area contributed by atoms with Gasteiger partial charge in [0, 0.05) is 52.5 Å². The molecule has 5 aromatic rings. The van der Waals surface area contributed by atoms with Crippen molar-refractivity contribution in [2.45, 2.75) is 105 Å². The van der Waals surface area contributed by atoms with Crippen molar-refractivity contribution >= 4 is 28.7 Å². The van der Waals surface area contributed by atoms with Crippen LogP contribution in [0.15, 0.2) is 87.8 Å². The number of aliphatic imine (C=N–C) groups is 1. The first-order valence-electron chi connectivity index (χ1n) is 21.1. The number of rotatable bonds is 11. The Morgan fingerprint density at radius 2 is 0.826 bits per heavy atom. The Morgan fingerprint density at radius 3 is 1.06 bits per heavy atom. The maximum Gasteiger partial charge on any atom is 0.224 e. The molecule has 0 spiro atoms. The van der Waals surface area contributed by atoms with Crippen LogP contribution in [0.25, 0.3) is 4.85 Å². The standard InChI is InChI=1S/C35H27BF15N.C5H9N.2C5H5.Zr/c1-6-8-10-13(12-52-35(3,4)5)15-14(11-9-7-2)16(15)36(17-20(37)26(43)32(49)27(44)21(17)38,18-22(39)28(45)33(50)29(46)23(18)40)19-24(41)30(47)34(51)31(48)25(19)42;1-5(2,3)6-4;2*1-2-4-5-3-1;/h6-11H2,1-5H3;1-3H3;2*1-5H;/q-2;;2*-1;. The Balaban J connectivity index is 0.000000810. The number of hydrogen-bond acceptors (Lipinski definition) is 1. The third kappa shape index (κ3) is 13.4. The SMILES string of the molecule is CCCCC([C-]=NC(C)(C)C)=C1C(CCCC)=C1[B-](c1c(F)c(F)c(F)c(F)c1F)(c1c(F)c(F)c(F)c(F)c1F)c1c(F)c(F)c(F)c(F)c1F.[C-]#[N+]C(C)(C)C.[Zr].c1cc[cH-]c1.c1cc[cH-]c1. The molecule has 1 aliphatic carbocycles. The van der Waals surface area contributed by atoms with E-state index in [0.717, 1.165) is 0 Å². The predicted octanol–water partition coefficient (Wildman–Crippen LogP) is 14.0. The van der Waals surface area contributed by atoms with Crippen molar-refractivity contribution in [3.63, 3.8) is 0 Å². The molecule has 69 heavy (non-hydrogen) atoms. The summed E-state index contributed by atoms with van der Waals surface area (Å²) >= 11 is 0. The Bertz CT molecular complexity index is 2370. The first-order valence-corrected chi connectivity index (χ1v) is 21.1. The van der Waals surface area contributed by atoms with Gasteiger partial charge in [-0.3, -0.25) is 5.47 Å². The first kappa shape index (κ1) is 60.0. The van der Waals surface area contributed by atoms with Gasteiger partial charge in [-0.2, -0.15) is 47.5 Å². The molecular formula is C50H46BF15N2Zr-4. The second-order valence-corrected chi connectivity index (χ2v) is 17.4. The van der Waals surface area contributed by atoms with E-state index >= 15 is 52.7 Å². The molecule has 0 amide bonds. The van der Waals surface area contributed by atoms with Crippen LogP contribution in [-0.4, -0.2) is 23.4 Å². The molecule has 0 heterocycles. The van der Waals surface area contributed by atoms with Gasteiger partial charge in [0.1, 0.15) is 41.0 Å². The van der Waals surface area contributed by atoms with Gasteiger partial charge in [-0.1, -0.05) is 46.0 Å². The Kier molecular flexibility index (Phi) is 21.9. The van der Waals surface area contributed by atoms with E-state index in [0.29, 0.717) is 6.42 Å². The van der Waals surface area contributed by atoms with Gasteiger partial charge in [-0.25, -0.2) is 102 Å². The predicted molar refractivity (Wildman–Crippen MR) is 234 cm³/mol. The van der Waals surface area contributed by atoms with Crippen LogP contribution in [0.4, 0.5) is 65.9 Å². The van der Waals surface area contributed by atoms with Crippen LogP contribution in [0, 0.1) is 93.8 Å². The van der Waals surface area contributed by atoms with E-state index in [9.17, 15) is 13.2 Å². The third-order valence-corrected chi connectivity index (χ3v) is 10.1. The van der Waals surface area contributed by atoms with Gasteiger partial charge in [0.05, 0.1) is 0 Å². The summed E-state index contributed by atoms with van der Waals surface area (Å²) in [6.45, 7) is 20.0. The summed E-state index contributed by atoms with van der Waals surface area (Å²) in [5.74, 6) is -45.2. The number of benzene rings is 3. The minimum absolute atomic E-state index is 0. The summed E-state index contributed by atoms with van der Waals surface area (Å²) in [6, 6.07) is 20.0. The second kappa shape index (κ2) is 25.1. The molecule has 0 saturated carbocycles. The molecule has 0 aromatic heterocycles. The zero-order valence-electron chi connectivity index (χ0n) is 38.7. The molecule has 2 nitrogen and oxygen atoms in total. The van der Waals surface area contributed by atoms with Crippen LogP contribution in [-0.2, 0) is 26.2 Å². The van der Waals surface area contributed by atoms with Crippen molar-refractivity contribution in [1.82, 2.24) is 0 Å². The summed E-state index contributed by atoms with van der Waals surface area (Å²) < 4.78 is 231. The number of allylic oxidation sites excluding steroid dienone is 4. The van der Waals surface area contributed by atoms with Gasteiger partial charge in [-0.15, -0.1) is 22.6 Å². The zero-order valence-corrected chi connectivity index (χ0v) is 41.1. The maximum absolute atomic E-state index is 16.2. The van der Waals surface area contributed by atoms with E-state index in [4.69, 9.17) is 6.57 Å². The van der Waals surface area contributed by atoms with Crippen molar-refractivity contribution in [3.8, 4) is 0 Å². The van der Waals surface area contributed by atoms with Crippen LogP contribution in [0.3, 0.4) is 0 Å². The summed E-state index contributed by atoms with van der Waals surface area (Å²) in [5.41, 5.74) is -11.4. The molecule has 0 bridgehead atoms. The Hall–Kier alpha value is -5.10. The van der Waals surface area contributed by atoms with E-state index in [2.05, 4.69) is 16.1 Å². The number of unbranched alkanes of at least 4 members (excludes halogenated alkanes) is 2. The third-order valence-electron chi connectivity index (χ3n) is 10.1. The van der Waals surface area contributed by atoms with Gasteiger partial charge < -0.3 is 9.84 Å². The largest absolute Gasteiger partial charge is 0.390 e. The molecule has 0 atom stereocenters. The van der Waals surface area contributed by atoms with Gasteiger partial charge >= 0.3 is 0 Å². The molecule has 0 unspecified atom stereocenters. The smallest absolute Gasteiger partial charge is 0.224 e. The fourth-order valence-electron chi connectivity index (χ4n) is 7.02. The summed E-state index contributed by atoms with van der Waals surface area (Å²) in [7, 11) is 0. The molecule has 6 rings (SSSR count). The van der Waals surface area contributed by atoms with E-state index in [1.54, 1.807) is 34.6 Å². The Morgan fingerprint density at radius 1 is 0.536 bits per heavy atom. The summed E-state index contributed by atoms with van der Waals surface area (Å²) in [4.78, 5) is 7.44. The van der Waals surface area contributed by atoms with E-state index < -0.39 is 138 Å². The van der Waals surface area contributed by atoms with Crippen LogP contribution in [0.5, 0.6) is 0 Å². The average Bonchev–Trinajstić information content (AvgIpc) is 3.74. The number of halogens is 15. The van der Waals surface area contributed by atoms with Crippen LogP contribution < -0.4 is 16.4 Å². The van der Waals surface area contributed by atoms with Crippen LogP contribution in [0.1, 0.15) is 93.9 Å². The van der Waals surface area contributed by atoms with Gasteiger partial charge in [0.2, 0.25) is 5.54 Å². The fraction of sp³-hybridized carbons (Fsp3) is 0.320. The van der Waals surface area contributed by atoms with Crippen LogP contribution >= 0.6 is 0 Å². The van der Waals surface area contributed by atoms with E-state index in [1.807, 2.05) is 81.4 Å². The molecule has 1 aliphatic rings. The van der Waals surface area contributed by atoms with Crippen molar-refractivity contribution in [2.24, 2.45) is 4.99 Å². The van der Waals surface area contributed by atoms with E-state index in [-0.39, 0.29) is 63.0 Å². The van der Waals surface area contributed by atoms with Gasteiger partial charge in [0.15, 0.2) is 52.4 Å². The molecule has 0 radical (unpaired) electrons. The molecule has 19 heteroatoms. The zero-order chi connectivity index (χ0) is 51.6. The molecule has 0 N–H and O–H groups in total. The normalized spacial score (nSPS) is 13.1. The number of hydrogen-bond donors (Lipinski definition) is 0. The average molecular weight is 1060 g/mol. The van der Waals surface area contributed by atoms with Gasteiger partial charge in [-0.05, 0) is 27.2 Å². The first-order chi connectivity index (χ1) is 31.7. The molecular weight excluding hydrogens is 1020 g/mol. The van der Waals surface area contributed by atoms with Crippen molar-refractivity contribution in [1.29, 1.82) is 0 Å². The molecule has 0 aliphatic heterocycles.